The van der Waals surface area contributed by atoms with Gasteiger partial charge in [-0.1, -0.05) is 13.8 Å². The average molecular weight is 221 g/mol. The van der Waals surface area contributed by atoms with Crippen LogP contribution in [0.15, 0.2) is 0 Å². The lowest BCUT2D eigenvalue weighted by molar-refractivity contribution is 0.486. The maximum atomic E-state index is 9.04. The van der Waals surface area contributed by atoms with Gasteiger partial charge >= 0.3 is 0 Å². The van der Waals surface area contributed by atoms with E-state index < -0.39 is 0 Å². The number of nitrogens with two attached hydrogens (primary N) is 1. The third-order valence-corrected chi connectivity index (χ3v) is 2.61. The fourth-order valence-corrected chi connectivity index (χ4v) is 1.43. The van der Waals surface area contributed by atoms with E-state index >= 15 is 0 Å². The largest absolute Gasteiger partial charge is 0.383 e. The van der Waals surface area contributed by atoms with Gasteiger partial charge in [0.05, 0.1) is 6.04 Å². The standard InChI is InChI=1S/C11H19N5/c1-4-6-14-11-9(7-12)10(13)16(15-11)8(3)5-2/h8H,4-6,13H2,1-3H3,(H,14,15). The zero-order valence-electron chi connectivity index (χ0n) is 10.1. The molecule has 3 N–H and O–H groups in total. The van der Waals surface area contributed by atoms with Gasteiger partial charge in [-0.15, -0.1) is 0 Å². The first kappa shape index (κ1) is 12.4. The van der Waals surface area contributed by atoms with Gasteiger partial charge in [-0.2, -0.15) is 10.4 Å². The van der Waals surface area contributed by atoms with Gasteiger partial charge in [-0.25, -0.2) is 4.68 Å². The van der Waals surface area contributed by atoms with E-state index in [0.717, 1.165) is 19.4 Å². The molecule has 0 aliphatic heterocycles. The van der Waals surface area contributed by atoms with Crippen molar-refractivity contribution in [3.63, 3.8) is 0 Å². The van der Waals surface area contributed by atoms with Crippen LogP contribution in [0.3, 0.4) is 0 Å². The van der Waals surface area contributed by atoms with Crippen molar-refractivity contribution in [1.82, 2.24) is 9.78 Å². The molecule has 0 aromatic carbocycles. The zero-order valence-corrected chi connectivity index (χ0v) is 10.1. The first-order valence-corrected chi connectivity index (χ1v) is 5.67. The molecule has 1 aromatic rings. The first-order chi connectivity index (χ1) is 7.65. The lowest BCUT2D eigenvalue weighted by Gasteiger charge is -2.10. The van der Waals surface area contributed by atoms with Gasteiger partial charge in [0.1, 0.15) is 17.5 Å². The molecule has 1 aromatic heterocycles. The molecule has 0 fully saturated rings. The second-order valence-electron chi connectivity index (χ2n) is 3.85. The molecule has 5 heteroatoms. The van der Waals surface area contributed by atoms with E-state index in [1.54, 1.807) is 4.68 Å². The molecule has 0 saturated heterocycles. The molecule has 88 valence electrons. The summed E-state index contributed by atoms with van der Waals surface area (Å²) in [5.74, 6) is 1.05. The van der Waals surface area contributed by atoms with Crippen molar-refractivity contribution in [2.45, 2.75) is 39.7 Å². The third kappa shape index (κ3) is 2.27. The molecule has 1 heterocycles. The quantitative estimate of drug-likeness (QED) is 0.798. The summed E-state index contributed by atoms with van der Waals surface area (Å²) in [6, 6.07) is 2.31. The van der Waals surface area contributed by atoms with E-state index in [1.165, 1.54) is 0 Å². The second kappa shape index (κ2) is 5.40. The summed E-state index contributed by atoms with van der Waals surface area (Å²) in [6.07, 6.45) is 1.92. The van der Waals surface area contributed by atoms with Crippen LogP contribution in [0.1, 0.15) is 45.2 Å². The topological polar surface area (TPSA) is 79.7 Å². The van der Waals surface area contributed by atoms with Gasteiger partial charge < -0.3 is 11.1 Å². The molecular weight excluding hydrogens is 202 g/mol. The van der Waals surface area contributed by atoms with Gasteiger partial charge in [0.2, 0.25) is 0 Å². The van der Waals surface area contributed by atoms with E-state index in [1.807, 2.05) is 6.92 Å². The van der Waals surface area contributed by atoms with Crippen molar-refractivity contribution in [3.8, 4) is 6.07 Å². The van der Waals surface area contributed by atoms with E-state index in [4.69, 9.17) is 11.0 Å². The number of anilines is 2. The summed E-state index contributed by atoms with van der Waals surface area (Å²) in [5.41, 5.74) is 6.35. The van der Waals surface area contributed by atoms with Crippen LogP contribution in [0.2, 0.25) is 0 Å². The Hall–Kier alpha value is -1.70. The summed E-state index contributed by atoms with van der Waals surface area (Å²) in [5, 5.41) is 16.5. The fraction of sp³-hybridized carbons (Fsp3) is 0.636. The highest BCUT2D eigenvalue weighted by Crippen LogP contribution is 2.24. The summed E-state index contributed by atoms with van der Waals surface area (Å²) in [6.45, 7) is 6.96. The zero-order chi connectivity index (χ0) is 12.1. The van der Waals surface area contributed by atoms with Gasteiger partial charge in [0, 0.05) is 6.54 Å². The Morgan fingerprint density at radius 2 is 2.25 bits per heavy atom. The minimum atomic E-state index is 0.212. The Bertz CT molecular complexity index is 388. The van der Waals surface area contributed by atoms with Crippen molar-refractivity contribution in [2.75, 3.05) is 17.6 Å². The predicted octanol–water partition coefficient (Wildman–Crippen LogP) is 2.13. The van der Waals surface area contributed by atoms with Crippen molar-refractivity contribution in [2.24, 2.45) is 0 Å². The maximum absolute atomic E-state index is 9.04. The fourth-order valence-electron chi connectivity index (χ4n) is 1.43. The molecule has 0 bridgehead atoms. The van der Waals surface area contributed by atoms with Gasteiger partial charge in [0.15, 0.2) is 5.82 Å². The van der Waals surface area contributed by atoms with E-state index in [-0.39, 0.29) is 6.04 Å². The summed E-state index contributed by atoms with van der Waals surface area (Å²) in [7, 11) is 0. The third-order valence-electron chi connectivity index (χ3n) is 2.61. The van der Waals surface area contributed by atoms with E-state index in [2.05, 4.69) is 30.3 Å². The molecule has 1 atom stereocenters. The number of nitrogens with zero attached hydrogens (tertiary/aromatic N) is 3. The number of nitrogens with one attached hydrogen (secondary N) is 1. The highest BCUT2D eigenvalue weighted by molar-refractivity contribution is 5.63. The van der Waals surface area contributed by atoms with Crippen LogP contribution in [0.4, 0.5) is 11.6 Å². The van der Waals surface area contributed by atoms with Crippen LogP contribution in [-0.4, -0.2) is 16.3 Å². The van der Waals surface area contributed by atoms with E-state index in [9.17, 15) is 0 Å². The number of aromatic nitrogens is 2. The molecule has 1 rings (SSSR count). The van der Waals surface area contributed by atoms with Crippen LogP contribution < -0.4 is 11.1 Å². The minimum Gasteiger partial charge on any atom is -0.383 e. The number of rotatable bonds is 5. The molecule has 0 spiro atoms. The van der Waals surface area contributed by atoms with Crippen molar-refractivity contribution in [1.29, 1.82) is 5.26 Å². The lowest BCUT2D eigenvalue weighted by atomic mass is 10.2. The molecular formula is C11H19N5. The Balaban J connectivity index is 3.06. The Morgan fingerprint density at radius 3 is 2.75 bits per heavy atom. The minimum absolute atomic E-state index is 0.212. The Morgan fingerprint density at radius 1 is 1.56 bits per heavy atom. The highest BCUT2D eigenvalue weighted by atomic mass is 15.4. The summed E-state index contributed by atoms with van der Waals surface area (Å²) >= 11 is 0. The number of nitrogen functional groups attached to an aromatic ring is 1. The number of hydrogen-bond donors (Lipinski definition) is 2. The van der Waals surface area contributed by atoms with Crippen LogP contribution in [0.25, 0.3) is 0 Å². The van der Waals surface area contributed by atoms with Crippen molar-refractivity contribution in [3.05, 3.63) is 5.56 Å². The number of nitriles is 1. The molecule has 5 nitrogen and oxygen atoms in total. The smallest absolute Gasteiger partial charge is 0.168 e. The molecule has 0 amide bonds. The average Bonchev–Trinajstić information content (AvgIpc) is 2.62. The van der Waals surface area contributed by atoms with Gasteiger partial charge in [-0.3, -0.25) is 0 Å². The van der Waals surface area contributed by atoms with E-state index in [0.29, 0.717) is 17.2 Å². The normalized spacial score (nSPS) is 12.1. The second-order valence-corrected chi connectivity index (χ2v) is 3.85. The van der Waals surface area contributed by atoms with Gasteiger partial charge in [-0.05, 0) is 19.8 Å². The number of hydrogen-bond acceptors (Lipinski definition) is 4. The Labute approximate surface area is 96.2 Å². The first-order valence-electron chi connectivity index (χ1n) is 5.67. The van der Waals surface area contributed by atoms with Crippen LogP contribution in [0.5, 0.6) is 0 Å². The van der Waals surface area contributed by atoms with Gasteiger partial charge in [0.25, 0.3) is 0 Å². The Kier molecular flexibility index (Phi) is 4.18. The maximum Gasteiger partial charge on any atom is 0.168 e. The predicted molar refractivity (Wildman–Crippen MR) is 65.1 cm³/mol. The molecule has 0 saturated carbocycles. The van der Waals surface area contributed by atoms with Crippen molar-refractivity contribution >= 4 is 11.6 Å². The van der Waals surface area contributed by atoms with Crippen LogP contribution >= 0.6 is 0 Å². The monoisotopic (exact) mass is 221 g/mol. The molecule has 16 heavy (non-hydrogen) atoms. The summed E-state index contributed by atoms with van der Waals surface area (Å²) < 4.78 is 1.72. The molecule has 0 aliphatic rings. The molecule has 0 aliphatic carbocycles. The molecule has 1 unspecified atom stereocenters. The lowest BCUT2D eigenvalue weighted by Crippen LogP contribution is -2.09. The summed E-state index contributed by atoms with van der Waals surface area (Å²) in [4.78, 5) is 0. The van der Waals surface area contributed by atoms with Crippen LogP contribution in [-0.2, 0) is 0 Å². The highest BCUT2D eigenvalue weighted by Gasteiger charge is 2.17. The van der Waals surface area contributed by atoms with Crippen LogP contribution in [0, 0.1) is 11.3 Å². The van der Waals surface area contributed by atoms with Crippen molar-refractivity contribution < 1.29 is 0 Å². The SMILES string of the molecule is CCCNc1nn(C(C)CC)c(N)c1C#N. The molecule has 0 radical (unpaired) electrons.